The number of halogens is 2. The first kappa shape index (κ1) is 13.6. The highest BCUT2D eigenvalue weighted by atomic mass is 19.1. The quantitative estimate of drug-likeness (QED) is 0.775. The molecule has 0 fully saturated rings. The van der Waals surface area contributed by atoms with Crippen LogP contribution in [0.1, 0.15) is 37.0 Å². The van der Waals surface area contributed by atoms with Crippen molar-refractivity contribution < 1.29 is 13.6 Å². The predicted molar refractivity (Wildman–Crippen MR) is 62.8 cm³/mol. The van der Waals surface area contributed by atoms with Crippen molar-refractivity contribution in [3.63, 3.8) is 0 Å². The highest BCUT2D eigenvalue weighted by Crippen LogP contribution is 2.15. The van der Waals surface area contributed by atoms with Gasteiger partial charge in [-0.15, -0.1) is 0 Å². The lowest BCUT2D eigenvalue weighted by Gasteiger charge is -2.21. The van der Waals surface area contributed by atoms with Crippen molar-refractivity contribution in [1.82, 2.24) is 4.90 Å². The molecule has 0 aliphatic heterocycles. The number of carbonyl (C=O) groups excluding carboxylic acids is 1. The Morgan fingerprint density at radius 1 is 1.12 bits per heavy atom. The summed E-state index contributed by atoms with van der Waals surface area (Å²) in [5.74, 6) is -2.16. The predicted octanol–water partition coefficient (Wildman–Crippen LogP) is 3.23. The van der Waals surface area contributed by atoms with Crippen LogP contribution in [0.3, 0.4) is 0 Å². The van der Waals surface area contributed by atoms with Gasteiger partial charge in [-0.3, -0.25) is 4.79 Å². The van der Waals surface area contributed by atoms with Crippen LogP contribution in [0.25, 0.3) is 0 Å². The number of rotatable bonds is 5. The van der Waals surface area contributed by atoms with Crippen molar-refractivity contribution in [3.8, 4) is 0 Å². The topological polar surface area (TPSA) is 20.3 Å². The zero-order valence-electron chi connectivity index (χ0n) is 10.2. The van der Waals surface area contributed by atoms with Crippen molar-refractivity contribution in [2.75, 3.05) is 13.1 Å². The van der Waals surface area contributed by atoms with E-state index in [1.54, 1.807) is 0 Å². The Kier molecular flexibility index (Phi) is 5.07. The van der Waals surface area contributed by atoms with Crippen molar-refractivity contribution in [3.05, 3.63) is 35.4 Å². The van der Waals surface area contributed by atoms with E-state index in [0.717, 1.165) is 25.0 Å². The number of benzene rings is 1. The third-order valence-corrected chi connectivity index (χ3v) is 2.45. The molecule has 0 unspecified atom stereocenters. The number of carbonyl (C=O) groups is 1. The average molecular weight is 241 g/mol. The molecule has 0 N–H and O–H groups in total. The van der Waals surface area contributed by atoms with Crippen LogP contribution in [-0.2, 0) is 0 Å². The minimum absolute atomic E-state index is 0.450. The lowest BCUT2D eigenvalue weighted by atomic mass is 10.1. The van der Waals surface area contributed by atoms with Crippen LogP contribution in [-0.4, -0.2) is 23.9 Å². The molecule has 1 amide bonds. The molecule has 4 heteroatoms. The first-order chi connectivity index (χ1) is 8.11. The number of hydrogen-bond acceptors (Lipinski definition) is 1. The van der Waals surface area contributed by atoms with E-state index in [2.05, 4.69) is 0 Å². The number of hydrogen-bond donors (Lipinski definition) is 0. The molecule has 94 valence electrons. The van der Waals surface area contributed by atoms with Gasteiger partial charge in [-0.1, -0.05) is 19.9 Å². The summed E-state index contributed by atoms with van der Waals surface area (Å²) in [6.45, 7) is 4.88. The van der Waals surface area contributed by atoms with E-state index in [1.807, 2.05) is 13.8 Å². The Morgan fingerprint density at radius 3 is 2.00 bits per heavy atom. The minimum atomic E-state index is -0.799. The van der Waals surface area contributed by atoms with E-state index in [4.69, 9.17) is 0 Å². The van der Waals surface area contributed by atoms with Gasteiger partial charge in [0.05, 0.1) is 0 Å². The molecular weight excluding hydrogens is 224 g/mol. The second kappa shape index (κ2) is 6.33. The highest BCUT2D eigenvalue weighted by molar-refractivity contribution is 5.94. The second-order valence-corrected chi connectivity index (χ2v) is 3.89. The Balaban J connectivity index is 3.00. The third-order valence-electron chi connectivity index (χ3n) is 2.45. The van der Waals surface area contributed by atoms with Gasteiger partial charge in [-0.25, -0.2) is 8.78 Å². The fraction of sp³-hybridized carbons (Fsp3) is 0.462. The summed E-state index contributed by atoms with van der Waals surface area (Å²) in [4.78, 5) is 13.5. The molecule has 1 aromatic rings. The molecule has 17 heavy (non-hydrogen) atoms. The second-order valence-electron chi connectivity index (χ2n) is 3.89. The van der Waals surface area contributed by atoms with Gasteiger partial charge >= 0.3 is 0 Å². The van der Waals surface area contributed by atoms with Gasteiger partial charge in [0.1, 0.15) is 17.2 Å². The van der Waals surface area contributed by atoms with E-state index in [-0.39, 0.29) is 0 Å². The number of nitrogens with zero attached hydrogens (tertiary/aromatic N) is 1. The normalized spacial score (nSPS) is 10.4. The van der Waals surface area contributed by atoms with Gasteiger partial charge < -0.3 is 4.90 Å². The van der Waals surface area contributed by atoms with E-state index >= 15 is 0 Å². The number of amides is 1. The first-order valence-electron chi connectivity index (χ1n) is 5.85. The fourth-order valence-electron chi connectivity index (χ4n) is 1.71. The first-order valence-corrected chi connectivity index (χ1v) is 5.85. The third kappa shape index (κ3) is 3.25. The van der Waals surface area contributed by atoms with Crippen molar-refractivity contribution in [1.29, 1.82) is 0 Å². The van der Waals surface area contributed by atoms with Gasteiger partial charge in [0.15, 0.2) is 0 Å². The molecule has 0 bridgehead atoms. The summed E-state index contributed by atoms with van der Waals surface area (Å²) in [6.07, 6.45) is 1.53. The molecule has 0 heterocycles. The van der Waals surface area contributed by atoms with Crippen LogP contribution in [0.5, 0.6) is 0 Å². The average Bonchev–Trinajstić information content (AvgIpc) is 2.28. The summed E-state index contributed by atoms with van der Waals surface area (Å²) >= 11 is 0. The molecule has 1 aromatic carbocycles. The van der Waals surface area contributed by atoms with Gasteiger partial charge in [-0.05, 0) is 25.0 Å². The summed E-state index contributed by atoms with van der Waals surface area (Å²) in [5.41, 5.74) is -0.450. The maximum atomic E-state index is 13.5. The molecule has 0 saturated heterocycles. The summed E-state index contributed by atoms with van der Waals surface area (Å²) in [5, 5.41) is 0. The zero-order valence-corrected chi connectivity index (χ0v) is 10.2. The van der Waals surface area contributed by atoms with Crippen LogP contribution in [0, 0.1) is 11.6 Å². The Bertz CT molecular complexity index is 367. The minimum Gasteiger partial charge on any atom is -0.338 e. The van der Waals surface area contributed by atoms with Gasteiger partial charge in [0, 0.05) is 13.1 Å². The Labute approximate surface area is 100 Å². The lowest BCUT2D eigenvalue weighted by Crippen LogP contribution is -2.33. The largest absolute Gasteiger partial charge is 0.338 e. The molecule has 0 spiro atoms. The molecule has 0 aliphatic rings. The molecule has 0 saturated carbocycles. The molecule has 0 aliphatic carbocycles. The smallest absolute Gasteiger partial charge is 0.259 e. The summed E-state index contributed by atoms with van der Waals surface area (Å²) in [7, 11) is 0. The monoisotopic (exact) mass is 241 g/mol. The molecule has 2 nitrogen and oxygen atoms in total. The van der Waals surface area contributed by atoms with Gasteiger partial charge in [0.25, 0.3) is 5.91 Å². The van der Waals surface area contributed by atoms with Crippen LogP contribution in [0.15, 0.2) is 18.2 Å². The van der Waals surface area contributed by atoms with E-state index < -0.39 is 23.1 Å². The van der Waals surface area contributed by atoms with Crippen LogP contribution < -0.4 is 0 Å². The van der Waals surface area contributed by atoms with E-state index in [9.17, 15) is 13.6 Å². The van der Waals surface area contributed by atoms with Gasteiger partial charge in [0.2, 0.25) is 0 Å². The molecule has 0 aromatic heterocycles. The van der Waals surface area contributed by atoms with Crippen molar-refractivity contribution in [2.24, 2.45) is 0 Å². The van der Waals surface area contributed by atoms with Crippen LogP contribution >= 0.6 is 0 Å². The molecule has 1 rings (SSSR count). The zero-order chi connectivity index (χ0) is 12.8. The Morgan fingerprint density at radius 2 is 1.59 bits per heavy atom. The highest BCUT2D eigenvalue weighted by Gasteiger charge is 2.21. The van der Waals surface area contributed by atoms with Crippen LogP contribution in [0.4, 0.5) is 8.78 Å². The standard InChI is InChI=1S/C13H17F2NO/c1-3-8-16(9-4-2)13(17)12-10(14)6-5-7-11(12)15/h5-7H,3-4,8-9H2,1-2H3. The van der Waals surface area contributed by atoms with Crippen LogP contribution in [0.2, 0.25) is 0 Å². The lowest BCUT2D eigenvalue weighted by molar-refractivity contribution is 0.0745. The molecular formula is C13H17F2NO. The fourth-order valence-corrected chi connectivity index (χ4v) is 1.71. The SMILES string of the molecule is CCCN(CCC)C(=O)c1c(F)cccc1F. The van der Waals surface area contributed by atoms with Crippen molar-refractivity contribution >= 4 is 5.91 Å². The van der Waals surface area contributed by atoms with E-state index in [0.29, 0.717) is 13.1 Å². The molecule has 0 atom stereocenters. The van der Waals surface area contributed by atoms with Crippen molar-refractivity contribution in [2.45, 2.75) is 26.7 Å². The molecule has 0 radical (unpaired) electrons. The van der Waals surface area contributed by atoms with Gasteiger partial charge in [-0.2, -0.15) is 0 Å². The maximum absolute atomic E-state index is 13.5. The van der Waals surface area contributed by atoms with E-state index in [1.165, 1.54) is 11.0 Å². The Hall–Kier alpha value is -1.45. The summed E-state index contributed by atoms with van der Waals surface area (Å²) in [6, 6.07) is 3.46. The maximum Gasteiger partial charge on any atom is 0.259 e. The summed E-state index contributed by atoms with van der Waals surface area (Å²) < 4.78 is 26.9.